The molecule has 1 aliphatic carbocycles. The molecule has 200 valence electrons. The third-order valence-electron chi connectivity index (χ3n) is 8.11. The molecule has 0 aromatic heterocycles. The summed E-state index contributed by atoms with van der Waals surface area (Å²) in [6.45, 7) is 13.8. The molecule has 6 heteroatoms. The Kier molecular flexibility index (Phi) is 14.2. The first-order chi connectivity index (χ1) is 16.0. The summed E-state index contributed by atoms with van der Waals surface area (Å²) in [5.41, 5.74) is 0. The van der Waals surface area contributed by atoms with Crippen LogP contribution in [0.4, 0.5) is 0 Å². The minimum atomic E-state index is -1.95. The van der Waals surface area contributed by atoms with Crippen LogP contribution in [0.25, 0.3) is 0 Å². The highest BCUT2D eigenvalue weighted by atomic mass is 28.4. The fourth-order valence-electron chi connectivity index (χ4n) is 4.87. The Balaban J connectivity index is 2.87. The third kappa shape index (κ3) is 10.5. The van der Waals surface area contributed by atoms with E-state index < -0.39 is 14.4 Å². The van der Waals surface area contributed by atoms with Crippen LogP contribution in [0.2, 0.25) is 18.1 Å². The van der Waals surface area contributed by atoms with Gasteiger partial charge in [-0.2, -0.15) is 0 Å². The van der Waals surface area contributed by atoms with Gasteiger partial charge >= 0.3 is 5.97 Å². The molecule has 1 fully saturated rings. The van der Waals surface area contributed by atoms with Gasteiger partial charge in [0.2, 0.25) is 0 Å². The fraction of sp³-hybridized carbons (Fsp3) is 0.893. The molecule has 0 aromatic rings. The monoisotopic (exact) mass is 498 g/mol. The fourth-order valence-corrected chi connectivity index (χ4v) is 6.23. The zero-order valence-electron chi connectivity index (χ0n) is 23.1. The van der Waals surface area contributed by atoms with Crippen LogP contribution in [0.15, 0.2) is 12.2 Å². The van der Waals surface area contributed by atoms with Crippen molar-refractivity contribution in [3.05, 3.63) is 12.2 Å². The zero-order valence-corrected chi connectivity index (χ0v) is 24.1. The summed E-state index contributed by atoms with van der Waals surface area (Å²) in [6, 6.07) is 0. The number of hydrogen-bond donors (Lipinski definition) is 2. The summed E-state index contributed by atoms with van der Waals surface area (Å²) in [4.78, 5) is 11.3. The van der Waals surface area contributed by atoms with E-state index in [0.29, 0.717) is 12.3 Å². The predicted octanol–water partition coefficient (Wildman–Crippen LogP) is 6.63. The molecule has 2 unspecified atom stereocenters. The highest BCUT2D eigenvalue weighted by molar-refractivity contribution is 6.74. The standard InChI is InChI=1S/C28H54O5Si/c1-8-9-12-15-23(30)18-19-25-24(16-13-10-11-14-17-27(31)32-5)22(21-29)20-26(25)33-34(6,7)28(2,3)4/h18-19,22-26,29-30H,8-17,20-21H2,1-7H3/b19-18+/t22?,23-,24-,25+,26?/m0/s1. The molecule has 0 bridgehead atoms. The van der Waals surface area contributed by atoms with E-state index in [0.717, 1.165) is 64.2 Å². The first-order valence-corrected chi connectivity index (χ1v) is 16.6. The van der Waals surface area contributed by atoms with Gasteiger partial charge in [0.15, 0.2) is 8.32 Å². The van der Waals surface area contributed by atoms with Crippen molar-refractivity contribution in [3.8, 4) is 0 Å². The Bertz CT molecular complexity index is 598. The molecule has 1 rings (SSSR count). The van der Waals surface area contributed by atoms with Crippen LogP contribution in [0, 0.1) is 17.8 Å². The lowest BCUT2D eigenvalue weighted by molar-refractivity contribution is -0.140. The van der Waals surface area contributed by atoms with E-state index in [-0.39, 0.29) is 35.6 Å². The number of carbonyl (C=O) groups excluding carboxylic acids is 1. The minimum Gasteiger partial charge on any atom is -0.469 e. The molecule has 0 radical (unpaired) electrons. The third-order valence-corrected chi connectivity index (χ3v) is 12.6. The van der Waals surface area contributed by atoms with Gasteiger partial charge in [-0.05, 0) is 55.7 Å². The summed E-state index contributed by atoms with van der Waals surface area (Å²) in [5, 5.41) is 20.9. The van der Waals surface area contributed by atoms with Crippen LogP contribution in [0.3, 0.4) is 0 Å². The van der Waals surface area contributed by atoms with Gasteiger partial charge in [0.25, 0.3) is 0 Å². The Morgan fingerprint density at radius 3 is 2.38 bits per heavy atom. The lowest BCUT2D eigenvalue weighted by Crippen LogP contribution is -2.45. The van der Waals surface area contributed by atoms with E-state index in [9.17, 15) is 15.0 Å². The molecule has 2 N–H and O–H groups in total. The second-order valence-electron chi connectivity index (χ2n) is 11.8. The average Bonchev–Trinajstić information content (AvgIpc) is 3.09. The Labute approximate surface area is 210 Å². The highest BCUT2D eigenvalue weighted by Crippen LogP contribution is 2.46. The SMILES string of the molecule is CCCCC[C@H](O)/C=C/[C@H]1C(O[Si](C)(C)C(C)(C)C)CC(CO)[C@@H]1CCCCCCC(=O)OC. The van der Waals surface area contributed by atoms with Gasteiger partial charge in [0.05, 0.1) is 19.3 Å². The lowest BCUT2D eigenvalue weighted by Gasteiger charge is -2.40. The Hall–Kier alpha value is -0.693. The molecule has 5 nitrogen and oxygen atoms in total. The summed E-state index contributed by atoms with van der Waals surface area (Å²) < 4.78 is 11.6. The van der Waals surface area contributed by atoms with Crippen LogP contribution in [-0.2, 0) is 14.0 Å². The van der Waals surface area contributed by atoms with E-state index in [1.54, 1.807) is 0 Å². The Morgan fingerprint density at radius 2 is 1.79 bits per heavy atom. The molecule has 5 atom stereocenters. The van der Waals surface area contributed by atoms with Crippen molar-refractivity contribution in [3.63, 3.8) is 0 Å². The van der Waals surface area contributed by atoms with Crippen molar-refractivity contribution in [1.82, 2.24) is 0 Å². The second kappa shape index (κ2) is 15.4. The van der Waals surface area contributed by atoms with Crippen molar-refractivity contribution in [2.75, 3.05) is 13.7 Å². The minimum absolute atomic E-state index is 0.0986. The van der Waals surface area contributed by atoms with Gasteiger partial charge < -0.3 is 19.4 Å². The van der Waals surface area contributed by atoms with Gasteiger partial charge in [0, 0.05) is 18.9 Å². The molecular weight excluding hydrogens is 444 g/mol. The van der Waals surface area contributed by atoms with E-state index >= 15 is 0 Å². The maximum Gasteiger partial charge on any atom is 0.305 e. The molecule has 1 aliphatic rings. The number of methoxy groups -OCH3 is 1. The number of ether oxygens (including phenoxy) is 1. The van der Waals surface area contributed by atoms with E-state index in [1.807, 2.05) is 6.08 Å². The van der Waals surface area contributed by atoms with Gasteiger partial charge in [-0.3, -0.25) is 4.79 Å². The van der Waals surface area contributed by atoms with Crippen LogP contribution in [0.5, 0.6) is 0 Å². The molecule has 0 spiro atoms. The molecule has 0 saturated heterocycles. The van der Waals surface area contributed by atoms with Crippen LogP contribution in [-0.4, -0.2) is 50.4 Å². The van der Waals surface area contributed by atoms with Crippen LogP contribution < -0.4 is 0 Å². The summed E-state index contributed by atoms with van der Waals surface area (Å²) in [7, 11) is -0.512. The summed E-state index contributed by atoms with van der Waals surface area (Å²) >= 11 is 0. The molecule has 34 heavy (non-hydrogen) atoms. The molecule has 0 heterocycles. The number of hydrogen-bond acceptors (Lipinski definition) is 5. The lowest BCUT2D eigenvalue weighted by atomic mass is 9.84. The second-order valence-corrected chi connectivity index (χ2v) is 16.6. The van der Waals surface area contributed by atoms with E-state index in [1.165, 1.54) is 7.11 Å². The van der Waals surface area contributed by atoms with E-state index in [2.05, 4.69) is 46.9 Å². The molecule has 0 aliphatic heterocycles. The van der Waals surface area contributed by atoms with Gasteiger partial charge in [-0.1, -0.05) is 78.4 Å². The van der Waals surface area contributed by atoms with Gasteiger partial charge in [-0.25, -0.2) is 0 Å². The molecular formula is C28H54O5Si. The molecule has 0 amide bonds. The summed E-state index contributed by atoms with van der Waals surface area (Å²) in [6.07, 6.45) is 14.5. The first kappa shape index (κ1) is 31.3. The van der Waals surface area contributed by atoms with Crippen molar-refractivity contribution in [2.45, 2.75) is 129 Å². The smallest absolute Gasteiger partial charge is 0.305 e. The Morgan fingerprint density at radius 1 is 1.12 bits per heavy atom. The molecule has 1 saturated carbocycles. The van der Waals surface area contributed by atoms with E-state index in [4.69, 9.17) is 9.16 Å². The van der Waals surface area contributed by atoms with Crippen molar-refractivity contribution < 1.29 is 24.2 Å². The number of aliphatic hydroxyl groups is 2. The van der Waals surface area contributed by atoms with Crippen molar-refractivity contribution in [1.29, 1.82) is 0 Å². The van der Waals surface area contributed by atoms with Crippen molar-refractivity contribution in [2.24, 2.45) is 17.8 Å². The maximum atomic E-state index is 11.3. The zero-order chi connectivity index (χ0) is 25.8. The van der Waals surface area contributed by atoms with Gasteiger partial charge in [0.1, 0.15) is 0 Å². The highest BCUT2D eigenvalue weighted by Gasteiger charge is 2.47. The first-order valence-electron chi connectivity index (χ1n) is 13.7. The number of esters is 1. The predicted molar refractivity (Wildman–Crippen MR) is 143 cm³/mol. The van der Waals surface area contributed by atoms with Gasteiger partial charge in [-0.15, -0.1) is 0 Å². The molecule has 0 aromatic carbocycles. The quantitative estimate of drug-likeness (QED) is 0.108. The largest absolute Gasteiger partial charge is 0.469 e. The normalized spacial score (nSPS) is 24.6. The summed E-state index contributed by atoms with van der Waals surface area (Å²) in [5.74, 6) is 0.683. The van der Waals surface area contributed by atoms with Crippen LogP contribution in [0.1, 0.15) is 98.3 Å². The maximum absolute atomic E-state index is 11.3. The number of rotatable bonds is 16. The number of unbranched alkanes of at least 4 members (excludes halogenated alkanes) is 5. The van der Waals surface area contributed by atoms with Crippen molar-refractivity contribution >= 4 is 14.3 Å². The van der Waals surface area contributed by atoms with Crippen LogP contribution >= 0.6 is 0 Å². The number of aliphatic hydroxyl groups excluding tert-OH is 2. The average molecular weight is 499 g/mol. The number of carbonyl (C=O) groups is 1. The topological polar surface area (TPSA) is 76.0 Å².